The summed E-state index contributed by atoms with van der Waals surface area (Å²) in [5.74, 6) is 2.46. The molecule has 2 aliphatic carbocycles. The van der Waals surface area contributed by atoms with Crippen molar-refractivity contribution in [2.45, 2.75) is 103 Å². The van der Waals surface area contributed by atoms with Gasteiger partial charge in [-0.15, -0.1) is 0 Å². The Morgan fingerprint density at radius 3 is 2.35 bits per heavy atom. The Morgan fingerprint density at radius 1 is 0.968 bits per heavy atom. The molecule has 0 aromatic heterocycles. The van der Waals surface area contributed by atoms with Gasteiger partial charge in [0.1, 0.15) is 0 Å². The molecule has 3 nitrogen and oxygen atoms in total. The zero-order valence-corrected chi connectivity index (χ0v) is 20.0. The minimum Gasteiger partial charge on any atom is -0.349 e. The Balaban J connectivity index is 1.22. The second-order valence-electron chi connectivity index (χ2n) is 11.0. The first-order valence-electron chi connectivity index (χ1n) is 13.2. The molecule has 1 heterocycles. The normalized spacial score (nSPS) is 27.7. The second-order valence-corrected chi connectivity index (χ2v) is 11.0. The second kappa shape index (κ2) is 11.0. The lowest BCUT2D eigenvalue weighted by Crippen LogP contribution is -2.43. The van der Waals surface area contributed by atoms with E-state index in [4.69, 9.17) is 0 Å². The van der Waals surface area contributed by atoms with Crippen molar-refractivity contribution in [2.75, 3.05) is 13.1 Å². The van der Waals surface area contributed by atoms with Gasteiger partial charge in [-0.1, -0.05) is 51.2 Å². The number of amides is 1. The molecule has 3 aliphatic rings. The zero-order chi connectivity index (χ0) is 21.6. The standard InChI is InChI=1S/C28H44N2O/c1-21-7-6-10-27(19-21)30-17-15-24(16-18-30)20-23-11-13-26(14-12-23)28(31)29-22(2)25-8-4-3-5-9-25/h11-14,21-22,24-25,27H,3-10,15-20H2,1-2H3,(H,29,31)/t21-,22+,27?/m1/s1. The van der Waals surface area contributed by atoms with E-state index in [-0.39, 0.29) is 11.9 Å². The van der Waals surface area contributed by atoms with E-state index in [2.05, 4.69) is 36.2 Å². The van der Waals surface area contributed by atoms with E-state index in [1.54, 1.807) is 0 Å². The van der Waals surface area contributed by atoms with E-state index in [9.17, 15) is 4.79 Å². The molecule has 3 heteroatoms. The van der Waals surface area contributed by atoms with Crippen molar-refractivity contribution in [3.8, 4) is 0 Å². The van der Waals surface area contributed by atoms with Crippen molar-refractivity contribution in [1.82, 2.24) is 10.2 Å². The molecule has 1 unspecified atom stereocenters. The third kappa shape index (κ3) is 6.34. The zero-order valence-electron chi connectivity index (χ0n) is 20.0. The average molecular weight is 425 g/mol. The van der Waals surface area contributed by atoms with Gasteiger partial charge in [-0.05, 0) is 100 Å². The minimum absolute atomic E-state index is 0.0969. The molecule has 0 radical (unpaired) electrons. The van der Waals surface area contributed by atoms with Crippen molar-refractivity contribution in [2.24, 2.45) is 17.8 Å². The summed E-state index contributed by atoms with van der Waals surface area (Å²) in [5.41, 5.74) is 2.20. The first-order valence-corrected chi connectivity index (χ1v) is 13.2. The lowest BCUT2D eigenvalue weighted by Gasteiger charge is -2.41. The number of carbonyl (C=O) groups excluding carboxylic acids is 1. The molecule has 0 bridgehead atoms. The highest BCUT2D eigenvalue weighted by Gasteiger charge is 2.28. The summed E-state index contributed by atoms with van der Waals surface area (Å²) >= 11 is 0. The quantitative estimate of drug-likeness (QED) is 0.588. The maximum Gasteiger partial charge on any atom is 0.251 e. The van der Waals surface area contributed by atoms with Crippen LogP contribution in [0.5, 0.6) is 0 Å². The topological polar surface area (TPSA) is 32.3 Å². The molecule has 1 aliphatic heterocycles. The van der Waals surface area contributed by atoms with Crippen molar-refractivity contribution in [3.05, 3.63) is 35.4 Å². The highest BCUT2D eigenvalue weighted by molar-refractivity contribution is 5.94. The molecule has 172 valence electrons. The maximum absolute atomic E-state index is 12.7. The van der Waals surface area contributed by atoms with E-state index in [0.717, 1.165) is 29.9 Å². The van der Waals surface area contributed by atoms with Crippen molar-refractivity contribution < 1.29 is 4.79 Å². The molecule has 3 fully saturated rings. The molecule has 4 rings (SSSR count). The molecular weight excluding hydrogens is 380 g/mol. The molecular formula is C28H44N2O. The summed E-state index contributed by atoms with van der Waals surface area (Å²) < 4.78 is 0. The van der Waals surface area contributed by atoms with Crippen LogP contribution in [0.1, 0.15) is 100 Å². The smallest absolute Gasteiger partial charge is 0.251 e. The summed E-state index contributed by atoms with van der Waals surface area (Å²) in [6, 6.07) is 9.58. The highest BCUT2D eigenvalue weighted by Crippen LogP contribution is 2.31. The molecule has 1 saturated heterocycles. The fraction of sp³-hybridized carbons (Fsp3) is 0.750. The minimum atomic E-state index is 0.0969. The number of hydrogen-bond donors (Lipinski definition) is 1. The SMILES string of the molecule is C[C@@H]1CCCC(N2CCC(Cc3ccc(C(=O)N[C@@H](C)C4CCCCC4)cc3)CC2)C1. The summed E-state index contributed by atoms with van der Waals surface area (Å²) in [5, 5.41) is 3.26. The molecule has 1 N–H and O–H groups in total. The fourth-order valence-electron chi connectivity index (χ4n) is 6.42. The number of piperidine rings is 1. The van der Waals surface area contributed by atoms with Crippen LogP contribution in [0.2, 0.25) is 0 Å². The van der Waals surface area contributed by atoms with Crippen LogP contribution >= 0.6 is 0 Å². The van der Waals surface area contributed by atoms with E-state index in [0.29, 0.717) is 5.92 Å². The van der Waals surface area contributed by atoms with Gasteiger partial charge in [0.05, 0.1) is 0 Å². The van der Waals surface area contributed by atoms with Gasteiger partial charge in [0.15, 0.2) is 0 Å². The van der Waals surface area contributed by atoms with E-state index < -0.39 is 0 Å². The Hall–Kier alpha value is -1.35. The number of rotatable bonds is 6. The van der Waals surface area contributed by atoms with E-state index >= 15 is 0 Å². The molecule has 31 heavy (non-hydrogen) atoms. The third-order valence-corrected chi connectivity index (χ3v) is 8.53. The number of likely N-dealkylation sites (tertiary alicyclic amines) is 1. The predicted molar refractivity (Wildman–Crippen MR) is 129 cm³/mol. The number of nitrogens with one attached hydrogen (secondary N) is 1. The van der Waals surface area contributed by atoms with Crippen LogP contribution in [-0.4, -0.2) is 36.0 Å². The van der Waals surface area contributed by atoms with Gasteiger partial charge in [-0.2, -0.15) is 0 Å². The Morgan fingerprint density at radius 2 is 1.68 bits per heavy atom. The van der Waals surface area contributed by atoms with Gasteiger partial charge in [-0.25, -0.2) is 0 Å². The first kappa shape index (κ1) is 22.8. The van der Waals surface area contributed by atoms with Gasteiger partial charge in [-0.3, -0.25) is 4.79 Å². The number of benzene rings is 1. The molecule has 3 atom stereocenters. The van der Waals surface area contributed by atoms with E-state index in [1.807, 2.05) is 12.1 Å². The van der Waals surface area contributed by atoms with Crippen LogP contribution in [0, 0.1) is 17.8 Å². The molecule has 0 spiro atoms. The molecule has 1 aromatic carbocycles. The monoisotopic (exact) mass is 424 g/mol. The largest absolute Gasteiger partial charge is 0.349 e. The summed E-state index contributed by atoms with van der Waals surface area (Å²) in [6.07, 6.45) is 16.0. The van der Waals surface area contributed by atoms with Crippen molar-refractivity contribution in [1.29, 1.82) is 0 Å². The predicted octanol–water partition coefficient (Wildman–Crippen LogP) is 6.22. The van der Waals surface area contributed by atoms with E-state index in [1.165, 1.54) is 89.3 Å². The fourth-order valence-corrected chi connectivity index (χ4v) is 6.42. The highest BCUT2D eigenvalue weighted by atomic mass is 16.1. The lowest BCUT2D eigenvalue weighted by molar-refractivity contribution is 0.0919. The van der Waals surface area contributed by atoms with Crippen LogP contribution in [0.3, 0.4) is 0 Å². The number of nitrogens with zero attached hydrogens (tertiary/aromatic N) is 1. The molecule has 2 saturated carbocycles. The van der Waals surface area contributed by atoms with Gasteiger partial charge in [0.2, 0.25) is 0 Å². The summed E-state index contributed by atoms with van der Waals surface area (Å²) in [7, 11) is 0. The Bertz CT molecular complexity index is 685. The number of carbonyl (C=O) groups is 1. The summed E-state index contributed by atoms with van der Waals surface area (Å²) in [4.78, 5) is 15.5. The van der Waals surface area contributed by atoms with Crippen LogP contribution in [-0.2, 0) is 6.42 Å². The van der Waals surface area contributed by atoms with Gasteiger partial charge in [0.25, 0.3) is 5.91 Å². The first-order chi connectivity index (χ1) is 15.1. The molecule has 1 aromatic rings. The van der Waals surface area contributed by atoms with Crippen LogP contribution in [0.15, 0.2) is 24.3 Å². The summed E-state index contributed by atoms with van der Waals surface area (Å²) in [6.45, 7) is 7.17. The van der Waals surface area contributed by atoms with Crippen molar-refractivity contribution in [3.63, 3.8) is 0 Å². The molecule has 1 amide bonds. The van der Waals surface area contributed by atoms with Crippen LogP contribution in [0.4, 0.5) is 0 Å². The van der Waals surface area contributed by atoms with Crippen LogP contribution < -0.4 is 5.32 Å². The van der Waals surface area contributed by atoms with Gasteiger partial charge in [0, 0.05) is 17.6 Å². The Labute approximate surface area is 190 Å². The number of hydrogen-bond acceptors (Lipinski definition) is 2. The van der Waals surface area contributed by atoms with Crippen molar-refractivity contribution >= 4 is 5.91 Å². The maximum atomic E-state index is 12.7. The van der Waals surface area contributed by atoms with Gasteiger partial charge < -0.3 is 10.2 Å². The van der Waals surface area contributed by atoms with Crippen LogP contribution in [0.25, 0.3) is 0 Å². The van der Waals surface area contributed by atoms with Gasteiger partial charge >= 0.3 is 0 Å². The third-order valence-electron chi connectivity index (χ3n) is 8.53. The lowest BCUT2D eigenvalue weighted by atomic mass is 9.83. The average Bonchev–Trinajstić information content (AvgIpc) is 2.80. The Kier molecular flexibility index (Phi) is 8.09.